The molecule has 0 radical (unpaired) electrons. The first-order valence-electron chi connectivity index (χ1n) is 21.9. The zero-order valence-electron chi connectivity index (χ0n) is 39.2. The van der Waals surface area contributed by atoms with Crippen LogP contribution in [0.3, 0.4) is 0 Å². The topological polar surface area (TPSA) is 172 Å². The van der Waals surface area contributed by atoms with Crippen molar-refractivity contribution in [3.05, 3.63) is 247 Å². The fourth-order valence-corrected chi connectivity index (χ4v) is 8.60. The lowest BCUT2D eigenvalue weighted by Crippen LogP contribution is -2.26. The average Bonchev–Trinajstić information content (AvgIpc) is 4.26. The van der Waals surface area contributed by atoms with Crippen molar-refractivity contribution in [3.8, 4) is 51.8 Å². The fraction of sp³-hybridized carbons (Fsp3) is 0.0185. The summed E-state index contributed by atoms with van der Waals surface area (Å²) in [6.45, 7) is 24.3. The second kappa shape index (κ2) is 19.5. The molecule has 0 saturated heterocycles. The molecule has 4 heterocycles. The van der Waals surface area contributed by atoms with Crippen LogP contribution in [0.2, 0.25) is 0 Å². The van der Waals surface area contributed by atoms with Gasteiger partial charge in [0, 0.05) is 16.7 Å². The monoisotopic (exact) mass is 1110 g/mol. The Kier molecular flexibility index (Phi) is 12.7. The Morgan fingerprint density at radius 2 is 0.790 bits per heavy atom. The summed E-state index contributed by atoms with van der Waals surface area (Å²) in [4.78, 5) is 38.5. The molecule has 0 N–H and O–H groups in total. The number of halogens is 14. The number of hydrogen-bond acceptors (Lipinski definition) is 10. The number of allylic oxidation sites excluding steroid dienone is 1. The minimum atomic E-state index is -2.53. The third-order valence-electron chi connectivity index (χ3n) is 12.4. The van der Waals surface area contributed by atoms with Crippen LogP contribution in [0.15, 0.2) is 95.9 Å². The van der Waals surface area contributed by atoms with Gasteiger partial charge in [0.2, 0.25) is 22.9 Å². The van der Waals surface area contributed by atoms with Crippen LogP contribution in [0.4, 0.5) is 67.2 Å². The van der Waals surface area contributed by atoms with E-state index in [9.17, 15) is 50.9 Å². The van der Waals surface area contributed by atoms with Crippen molar-refractivity contribution in [3.63, 3.8) is 0 Å². The molecule has 6 aromatic carbocycles. The van der Waals surface area contributed by atoms with E-state index in [1.807, 2.05) is 12.1 Å². The molecule has 3 aliphatic heterocycles. The van der Waals surface area contributed by atoms with Crippen LogP contribution >= 0.6 is 0 Å². The highest BCUT2D eigenvalue weighted by Gasteiger charge is 2.34. The van der Waals surface area contributed by atoms with Gasteiger partial charge in [0.05, 0.1) is 80.4 Å². The van der Waals surface area contributed by atoms with E-state index < -0.39 is 171 Å². The van der Waals surface area contributed by atoms with Gasteiger partial charge in [-0.25, -0.2) is 111 Å². The molecule has 7 aromatic rings. The van der Waals surface area contributed by atoms with E-state index in [0.29, 0.717) is 0 Å². The normalized spacial score (nSPS) is 14.3. The fourth-order valence-electron chi connectivity index (χ4n) is 8.60. The van der Waals surface area contributed by atoms with Crippen molar-refractivity contribution >= 4 is 22.7 Å². The Morgan fingerprint density at radius 3 is 1.19 bits per heavy atom. The van der Waals surface area contributed by atoms with Crippen LogP contribution in [0.1, 0.15) is 33.4 Å². The molecular weight excluding hydrogens is 1100 g/mol. The lowest BCUT2D eigenvalue weighted by atomic mass is 9.95. The SMILES string of the molecule is [C-]#[N+]/C(=C1\N=c2ccc(-c3cc(-c4ccc5c(c4[N+]#[C-])=N/C(=C(/C#N)c4c(F)c(F)c(F)c(F)c4F)N=5)cc(-c4ccc5c(c4C#N)=N/C(=C(/[N+]#[C-])c4c(F)c(F)c(F)c(F)c4F)N=5)n3)c(C#N)c2=N1)c1c(F)c(F)c(C)c(F)c1F. The lowest BCUT2D eigenvalue weighted by Gasteiger charge is -2.13. The summed E-state index contributed by atoms with van der Waals surface area (Å²) < 4.78 is 205. The van der Waals surface area contributed by atoms with E-state index in [2.05, 4.69) is 49.5 Å². The second-order valence-corrected chi connectivity index (χ2v) is 16.7. The van der Waals surface area contributed by atoms with Crippen LogP contribution in [0.5, 0.6) is 0 Å². The van der Waals surface area contributed by atoms with Gasteiger partial charge in [-0.05, 0) is 60.5 Å². The van der Waals surface area contributed by atoms with Crippen molar-refractivity contribution < 1.29 is 61.5 Å². The molecule has 0 spiro atoms. The van der Waals surface area contributed by atoms with Gasteiger partial charge in [-0.1, -0.05) is 6.07 Å². The van der Waals surface area contributed by atoms with Gasteiger partial charge in [0.25, 0.3) is 0 Å². The molecule has 0 unspecified atom stereocenters. The third-order valence-corrected chi connectivity index (χ3v) is 12.4. The average molecular weight is 1110 g/mol. The van der Waals surface area contributed by atoms with E-state index in [0.717, 1.165) is 19.1 Å². The van der Waals surface area contributed by atoms with Crippen molar-refractivity contribution in [1.82, 2.24) is 4.98 Å². The number of pyridine rings is 1. The number of benzene rings is 6. The Hall–Kier alpha value is -11.6. The summed E-state index contributed by atoms with van der Waals surface area (Å²) in [6, 6.07) is 14.6. The first-order valence-corrected chi connectivity index (χ1v) is 21.9. The summed E-state index contributed by atoms with van der Waals surface area (Å²) >= 11 is 0. The Balaban J connectivity index is 1.23. The molecule has 10 rings (SSSR count). The van der Waals surface area contributed by atoms with Crippen LogP contribution in [-0.4, -0.2) is 4.98 Å². The number of nitriles is 3. The van der Waals surface area contributed by atoms with Crippen LogP contribution in [0.25, 0.3) is 65.1 Å². The van der Waals surface area contributed by atoms with E-state index in [1.165, 1.54) is 42.5 Å². The van der Waals surface area contributed by atoms with E-state index in [4.69, 9.17) is 19.7 Å². The predicted molar refractivity (Wildman–Crippen MR) is 246 cm³/mol. The zero-order valence-corrected chi connectivity index (χ0v) is 39.2. The summed E-state index contributed by atoms with van der Waals surface area (Å²) in [5.41, 5.74) is -12.2. The van der Waals surface area contributed by atoms with Gasteiger partial charge in [0.1, 0.15) is 34.5 Å². The standard InChI is InChI=1S/C54H11F14N13/c1-16-32(55)36(59)30(37(60)33(16)56)50(73-3)53-77-24-9-6-19(21(13-69)46(24)79-53)27-11-17(18-5-8-26-49(48(18)72-2)81-52(76-26)23(15-71)29-34(57)40(63)44(67)41(64)35(29)58)12-28(75-27)20-7-10-25-47(22(20)14-70)80-54(78-25)51(74-4)31-38(61)42(65)45(68)43(66)39(31)62/h5-12H,1H3/b52-23-,53-50+,54-51+. The minimum absolute atomic E-state index is 0.0961. The highest BCUT2D eigenvalue weighted by Crippen LogP contribution is 2.38. The molecule has 3 aliphatic rings. The van der Waals surface area contributed by atoms with Gasteiger partial charge >= 0.3 is 0 Å². The van der Waals surface area contributed by atoms with Crippen LogP contribution in [0, 0.1) is 142 Å². The molecular formula is C54H11F14N13. The molecule has 0 atom stereocenters. The van der Waals surface area contributed by atoms with Crippen molar-refractivity contribution in [2.75, 3.05) is 0 Å². The molecule has 27 heteroatoms. The Bertz CT molecular complexity index is 4430. The largest absolute Gasteiger partial charge is 0.248 e. The van der Waals surface area contributed by atoms with Gasteiger partial charge < -0.3 is 0 Å². The molecule has 0 amide bonds. The van der Waals surface area contributed by atoms with Crippen LogP contribution < -0.4 is 32.1 Å². The molecule has 390 valence electrons. The second-order valence-electron chi connectivity index (χ2n) is 16.7. The maximum Gasteiger partial charge on any atom is 0.243 e. The highest BCUT2D eigenvalue weighted by molar-refractivity contribution is 5.86. The van der Waals surface area contributed by atoms with Crippen molar-refractivity contribution in [2.45, 2.75) is 6.92 Å². The quantitative estimate of drug-likeness (QED) is 0.0531. The van der Waals surface area contributed by atoms with Gasteiger partial charge in [-0.2, -0.15) is 15.8 Å². The zero-order chi connectivity index (χ0) is 58.4. The van der Waals surface area contributed by atoms with E-state index in [-0.39, 0.29) is 49.7 Å². The molecule has 0 saturated carbocycles. The summed E-state index contributed by atoms with van der Waals surface area (Å²) in [7, 11) is 0. The first kappa shape index (κ1) is 52.9. The Morgan fingerprint density at radius 1 is 0.432 bits per heavy atom. The van der Waals surface area contributed by atoms with Crippen molar-refractivity contribution in [1.29, 1.82) is 15.8 Å². The first-order chi connectivity index (χ1) is 38.7. The number of fused-ring (bicyclic) bond motifs is 3. The summed E-state index contributed by atoms with van der Waals surface area (Å²) in [5.74, 6) is -34.5. The lowest BCUT2D eigenvalue weighted by molar-refractivity contribution is 0.376. The minimum Gasteiger partial charge on any atom is -0.248 e. The number of aromatic nitrogens is 1. The van der Waals surface area contributed by atoms with Gasteiger partial charge in [-0.15, -0.1) is 0 Å². The van der Waals surface area contributed by atoms with Crippen molar-refractivity contribution in [2.24, 2.45) is 30.0 Å². The van der Waals surface area contributed by atoms with E-state index >= 15 is 26.3 Å². The third kappa shape index (κ3) is 7.91. The van der Waals surface area contributed by atoms with Gasteiger partial charge in [0.15, 0.2) is 93.1 Å². The number of hydrogen-bond donors (Lipinski definition) is 0. The Labute approximate surface area is 439 Å². The van der Waals surface area contributed by atoms with Crippen LogP contribution in [-0.2, 0) is 0 Å². The molecule has 1 aromatic heterocycles. The number of rotatable bonds is 6. The highest BCUT2D eigenvalue weighted by atomic mass is 19.2. The molecule has 0 fully saturated rings. The molecule has 0 aliphatic carbocycles. The smallest absolute Gasteiger partial charge is 0.243 e. The predicted octanol–water partition coefficient (Wildman–Crippen LogP) is 9.77. The summed E-state index contributed by atoms with van der Waals surface area (Å²) in [5, 5.41) is 29.3. The summed E-state index contributed by atoms with van der Waals surface area (Å²) in [6.07, 6.45) is 0. The molecule has 13 nitrogen and oxygen atoms in total. The maximum atomic E-state index is 15.3. The molecule has 81 heavy (non-hydrogen) atoms. The number of nitrogens with zero attached hydrogens (tertiary/aromatic N) is 13. The maximum absolute atomic E-state index is 15.3. The van der Waals surface area contributed by atoms with E-state index in [1.54, 1.807) is 0 Å². The van der Waals surface area contributed by atoms with Gasteiger partial charge in [-0.3, -0.25) is 0 Å². The molecule has 0 bridgehead atoms.